The van der Waals surface area contributed by atoms with Gasteiger partial charge in [0, 0.05) is 41.6 Å². The van der Waals surface area contributed by atoms with Crippen molar-refractivity contribution in [2.75, 3.05) is 18.6 Å². The minimum Gasteiger partial charge on any atom is -0.497 e. The smallest absolute Gasteiger partial charge is 0.143 e. The van der Waals surface area contributed by atoms with E-state index in [4.69, 9.17) is 9.72 Å². The topological polar surface area (TPSA) is 51.1 Å². The summed E-state index contributed by atoms with van der Waals surface area (Å²) in [5.41, 5.74) is 5.01. The highest BCUT2D eigenvalue weighted by Crippen LogP contribution is 2.36. The number of fused-ring (bicyclic) bond motifs is 2. The molecule has 5 rings (SSSR count). The first-order valence-corrected chi connectivity index (χ1v) is 9.12. The van der Waals surface area contributed by atoms with Gasteiger partial charge in [0.1, 0.15) is 11.6 Å². The Morgan fingerprint density at radius 2 is 1.93 bits per heavy atom. The number of ether oxygens (including phenoxy) is 1. The molecular formula is C23H18N4O. The molecule has 136 valence electrons. The van der Waals surface area contributed by atoms with Crippen LogP contribution in [0.2, 0.25) is 0 Å². The number of hydrogen-bond acceptors (Lipinski definition) is 5. The fourth-order valence-electron chi connectivity index (χ4n) is 3.53. The van der Waals surface area contributed by atoms with Gasteiger partial charge in [0.2, 0.25) is 0 Å². The summed E-state index contributed by atoms with van der Waals surface area (Å²) in [6.45, 7) is 0.750. The molecule has 0 aliphatic carbocycles. The lowest BCUT2D eigenvalue weighted by atomic mass is 10.1. The number of benzene rings is 1. The summed E-state index contributed by atoms with van der Waals surface area (Å²) in [5.74, 6) is 1.72. The zero-order valence-corrected chi connectivity index (χ0v) is 15.4. The molecule has 0 N–H and O–H groups in total. The molecule has 28 heavy (non-hydrogen) atoms. The van der Waals surface area contributed by atoms with Crippen molar-refractivity contribution in [1.29, 1.82) is 0 Å². The van der Waals surface area contributed by atoms with Crippen LogP contribution >= 0.6 is 0 Å². The van der Waals surface area contributed by atoms with Gasteiger partial charge in [-0.15, -0.1) is 0 Å². The average molecular weight is 366 g/mol. The largest absolute Gasteiger partial charge is 0.497 e. The lowest BCUT2D eigenvalue weighted by Crippen LogP contribution is -2.22. The molecule has 0 radical (unpaired) electrons. The van der Waals surface area contributed by atoms with E-state index in [0.29, 0.717) is 0 Å². The summed E-state index contributed by atoms with van der Waals surface area (Å²) in [7, 11) is 1.67. The van der Waals surface area contributed by atoms with Crippen LogP contribution in [0.25, 0.3) is 28.2 Å². The standard InChI is InChI=1S/C23H18N4O/c1-28-18-8-6-16(7-9-18)20-14-21-19(5-2-11-25-21)23(26-20)27-13-3-4-17-15-24-12-10-22(17)27/h2-12,14-15H,13H2,1H3. The highest BCUT2D eigenvalue weighted by Gasteiger charge is 2.20. The van der Waals surface area contributed by atoms with E-state index in [1.807, 2.05) is 61.1 Å². The number of methoxy groups -OCH3 is 1. The molecule has 5 heteroatoms. The fraction of sp³-hybridized carbons (Fsp3) is 0.0870. The van der Waals surface area contributed by atoms with Crippen LogP contribution in [0, 0.1) is 0 Å². The molecule has 0 saturated heterocycles. The van der Waals surface area contributed by atoms with E-state index in [1.165, 1.54) is 0 Å². The number of hydrogen-bond donors (Lipinski definition) is 0. The molecule has 4 aromatic rings. The van der Waals surface area contributed by atoms with Crippen LogP contribution in [0.1, 0.15) is 5.56 Å². The summed E-state index contributed by atoms with van der Waals surface area (Å²) in [6.07, 6.45) is 9.75. The molecule has 0 unspecified atom stereocenters. The second-order valence-corrected chi connectivity index (χ2v) is 6.58. The maximum atomic E-state index is 5.28. The number of aromatic nitrogens is 3. The van der Waals surface area contributed by atoms with Gasteiger partial charge in [0.15, 0.2) is 0 Å². The third-order valence-corrected chi connectivity index (χ3v) is 4.92. The molecule has 1 aliphatic rings. The van der Waals surface area contributed by atoms with E-state index in [0.717, 1.165) is 51.5 Å². The molecule has 1 aromatic carbocycles. The molecule has 0 atom stereocenters. The lowest BCUT2D eigenvalue weighted by molar-refractivity contribution is 0.415. The van der Waals surface area contributed by atoms with E-state index >= 15 is 0 Å². The highest BCUT2D eigenvalue weighted by molar-refractivity contribution is 5.95. The van der Waals surface area contributed by atoms with Crippen LogP contribution in [0.3, 0.4) is 0 Å². The van der Waals surface area contributed by atoms with Gasteiger partial charge >= 0.3 is 0 Å². The zero-order valence-electron chi connectivity index (χ0n) is 15.4. The van der Waals surface area contributed by atoms with E-state index in [9.17, 15) is 0 Å². The summed E-state index contributed by atoms with van der Waals surface area (Å²) in [4.78, 5) is 16.1. The van der Waals surface area contributed by atoms with Gasteiger partial charge in [-0.25, -0.2) is 4.98 Å². The normalized spacial score (nSPS) is 12.8. The van der Waals surface area contributed by atoms with Crippen LogP contribution in [0.4, 0.5) is 11.5 Å². The van der Waals surface area contributed by atoms with Crippen molar-refractivity contribution in [2.45, 2.75) is 0 Å². The van der Waals surface area contributed by atoms with Crippen molar-refractivity contribution in [3.63, 3.8) is 0 Å². The molecule has 4 heterocycles. The van der Waals surface area contributed by atoms with Crippen LogP contribution in [-0.2, 0) is 0 Å². The van der Waals surface area contributed by atoms with Crippen LogP contribution in [0.5, 0.6) is 5.75 Å². The zero-order chi connectivity index (χ0) is 18.9. The van der Waals surface area contributed by atoms with Gasteiger partial charge in [-0.2, -0.15) is 0 Å². The second kappa shape index (κ2) is 6.78. The van der Waals surface area contributed by atoms with E-state index < -0.39 is 0 Å². The lowest BCUT2D eigenvalue weighted by Gasteiger charge is -2.28. The van der Waals surface area contributed by atoms with Gasteiger partial charge < -0.3 is 9.64 Å². The monoisotopic (exact) mass is 366 g/mol. The Bertz CT molecular complexity index is 1180. The summed E-state index contributed by atoms with van der Waals surface area (Å²) in [6, 6.07) is 16.0. The van der Waals surface area contributed by atoms with Crippen LogP contribution < -0.4 is 9.64 Å². The van der Waals surface area contributed by atoms with Crippen LogP contribution in [0.15, 0.2) is 73.2 Å². The number of rotatable bonds is 3. The molecule has 3 aromatic heterocycles. The summed E-state index contributed by atoms with van der Waals surface area (Å²) < 4.78 is 5.28. The van der Waals surface area contributed by atoms with Gasteiger partial charge in [-0.05, 0) is 48.5 Å². The first-order chi connectivity index (χ1) is 13.8. The predicted octanol–water partition coefficient (Wildman–Crippen LogP) is 4.87. The van der Waals surface area contributed by atoms with Gasteiger partial charge in [0.05, 0.1) is 24.0 Å². The molecule has 1 aliphatic heterocycles. The van der Waals surface area contributed by atoms with Crippen molar-refractivity contribution in [2.24, 2.45) is 0 Å². The maximum absolute atomic E-state index is 5.28. The van der Waals surface area contributed by atoms with Gasteiger partial charge in [-0.1, -0.05) is 12.2 Å². The maximum Gasteiger partial charge on any atom is 0.143 e. The van der Waals surface area contributed by atoms with Crippen molar-refractivity contribution in [3.05, 3.63) is 78.8 Å². The second-order valence-electron chi connectivity index (χ2n) is 6.58. The van der Waals surface area contributed by atoms with Crippen molar-refractivity contribution >= 4 is 28.5 Å². The third-order valence-electron chi connectivity index (χ3n) is 4.92. The highest BCUT2D eigenvalue weighted by atomic mass is 16.5. The predicted molar refractivity (Wildman–Crippen MR) is 112 cm³/mol. The van der Waals surface area contributed by atoms with Crippen molar-refractivity contribution in [1.82, 2.24) is 15.0 Å². The molecule has 5 nitrogen and oxygen atoms in total. The summed E-state index contributed by atoms with van der Waals surface area (Å²) in [5, 5.41) is 1.03. The Balaban J connectivity index is 1.71. The van der Waals surface area contributed by atoms with Crippen molar-refractivity contribution in [3.8, 4) is 17.0 Å². The van der Waals surface area contributed by atoms with Gasteiger partial charge in [-0.3, -0.25) is 9.97 Å². The fourth-order valence-corrected chi connectivity index (χ4v) is 3.53. The minimum absolute atomic E-state index is 0.750. The Morgan fingerprint density at radius 1 is 1.04 bits per heavy atom. The first kappa shape index (κ1) is 16.4. The number of anilines is 2. The molecule has 0 bridgehead atoms. The van der Waals surface area contributed by atoms with E-state index in [2.05, 4.69) is 33.1 Å². The average Bonchev–Trinajstić information content (AvgIpc) is 2.78. The molecular weight excluding hydrogens is 348 g/mol. The van der Waals surface area contributed by atoms with Crippen molar-refractivity contribution < 1.29 is 4.74 Å². The van der Waals surface area contributed by atoms with E-state index in [-0.39, 0.29) is 0 Å². The Kier molecular flexibility index (Phi) is 3.98. The Morgan fingerprint density at radius 3 is 2.79 bits per heavy atom. The van der Waals surface area contributed by atoms with Crippen LogP contribution in [-0.4, -0.2) is 28.6 Å². The third kappa shape index (κ3) is 2.77. The minimum atomic E-state index is 0.750. The Labute approximate surface area is 163 Å². The quantitative estimate of drug-likeness (QED) is 0.518. The SMILES string of the molecule is COc1ccc(-c2cc3ncccc3c(N3CC=Cc4cnccc43)n2)cc1. The molecule has 0 spiro atoms. The number of nitrogens with zero attached hydrogens (tertiary/aromatic N) is 4. The number of pyridine rings is 3. The van der Waals surface area contributed by atoms with Gasteiger partial charge in [0.25, 0.3) is 0 Å². The van der Waals surface area contributed by atoms with E-state index in [1.54, 1.807) is 7.11 Å². The molecule has 0 amide bonds. The first-order valence-electron chi connectivity index (χ1n) is 9.12. The Hall–Kier alpha value is -3.73. The molecule has 0 fully saturated rings. The molecule has 0 saturated carbocycles. The summed E-state index contributed by atoms with van der Waals surface area (Å²) >= 11 is 0.